The van der Waals surface area contributed by atoms with E-state index >= 15 is 0 Å². The summed E-state index contributed by atoms with van der Waals surface area (Å²) in [4.78, 5) is 45.0. The molecule has 0 aromatic heterocycles. The zero-order valence-corrected chi connectivity index (χ0v) is 27.1. The van der Waals surface area contributed by atoms with Gasteiger partial charge >= 0.3 is 71.1 Å². The van der Waals surface area contributed by atoms with Gasteiger partial charge < -0.3 is 34.5 Å². The molecular formula is C24H46NNa2O8P. The Kier molecular flexibility index (Phi) is 34.7. The van der Waals surface area contributed by atoms with Gasteiger partial charge in [-0.25, -0.2) is 4.79 Å². The van der Waals surface area contributed by atoms with E-state index in [-0.39, 0.29) is 78.8 Å². The van der Waals surface area contributed by atoms with Gasteiger partial charge in [0, 0.05) is 19.5 Å². The summed E-state index contributed by atoms with van der Waals surface area (Å²) < 4.78 is 24.8. The molecule has 0 aliphatic carbocycles. The van der Waals surface area contributed by atoms with Crippen LogP contribution in [0, 0.1) is 35.5 Å². The van der Waals surface area contributed by atoms with E-state index in [1.54, 1.807) is 6.92 Å². The predicted molar refractivity (Wildman–Crippen MR) is 135 cm³/mol. The van der Waals surface area contributed by atoms with E-state index in [0.29, 0.717) is 6.42 Å². The Labute approximate surface area is 267 Å². The maximum Gasteiger partial charge on any atom is 1.00 e. The molecule has 0 radical (unpaired) electrons. The van der Waals surface area contributed by atoms with E-state index in [4.69, 9.17) is 9.47 Å². The van der Waals surface area contributed by atoms with E-state index in [1.165, 1.54) is 38.5 Å². The van der Waals surface area contributed by atoms with Gasteiger partial charge in [0.2, 0.25) is 0 Å². The van der Waals surface area contributed by atoms with Gasteiger partial charge in [0.05, 0.1) is 14.4 Å². The van der Waals surface area contributed by atoms with Crippen LogP contribution < -0.4 is 75.1 Å². The van der Waals surface area contributed by atoms with Gasteiger partial charge in [-0.05, 0) is 37.0 Å². The van der Waals surface area contributed by atoms with Gasteiger partial charge in [0.1, 0.15) is 6.61 Å². The summed E-state index contributed by atoms with van der Waals surface area (Å²) in [5.41, 5.74) is 0. The summed E-state index contributed by atoms with van der Waals surface area (Å²) in [7, 11) is -5.28. The first-order valence-electron chi connectivity index (χ1n) is 11.2. The normalized spacial score (nSPS) is 10.1. The molecule has 0 aromatic carbocycles. The van der Waals surface area contributed by atoms with Crippen LogP contribution in [0.1, 0.15) is 91.6 Å². The molecule has 36 heavy (non-hydrogen) atoms. The Bertz CT molecular complexity index is 837. The summed E-state index contributed by atoms with van der Waals surface area (Å²) in [5, 5.41) is 0. The van der Waals surface area contributed by atoms with Crippen LogP contribution in [0.15, 0.2) is 0 Å². The SMILES string of the molecule is CC#CC#CC#CC(=O)OC[C@H](COP(=O)([O-])[O-])OC(=O)CCCCCCCCCCCC.N.[HH].[HH].[HH].[HH].[HH].[Na+].[Na+]. The molecule has 0 aliphatic rings. The summed E-state index contributed by atoms with van der Waals surface area (Å²) >= 11 is 0. The Balaban J connectivity index is -0.000000183. The number of ether oxygens (including phenoxy) is 2. The summed E-state index contributed by atoms with van der Waals surface area (Å²) in [6, 6.07) is 0. The van der Waals surface area contributed by atoms with Crippen molar-refractivity contribution in [1.82, 2.24) is 6.15 Å². The number of carbonyl (C=O) groups excluding carboxylic acids is 2. The van der Waals surface area contributed by atoms with Crippen LogP contribution in [-0.2, 0) is 28.2 Å². The van der Waals surface area contributed by atoms with Crippen LogP contribution in [0.3, 0.4) is 0 Å². The molecular weight excluding hydrogens is 507 g/mol. The number of phosphoric ester groups is 1. The van der Waals surface area contributed by atoms with Crippen LogP contribution >= 0.6 is 7.82 Å². The molecule has 0 saturated carbocycles. The minimum Gasteiger partial charge on any atom is -0.790 e. The maximum absolute atomic E-state index is 12.0. The van der Waals surface area contributed by atoms with Crippen molar-refractivity contribution in [3.8, 4) is 35.5 Å². The van der Waals surface area contributed by atoms with Crippen molar-refractivity contribution >= 4 is 19.8 Å². The molecule has 1 atom stereocenters. The molecule has 0 aromatic rings. The number of unbranched alkanes of at least 4 members (excludes halogenated alkanes) is 9. The third-order valence-electron chi connectivity index (χ3n) is 4.33. The first kappa shape index (κ1) is 42.8. The zero-order valence-electron chi connectivity index (χ0n) is 22.2. The van der Waals surface area contributed by atoms with Gasteiger partial charge in [-0.3, -0.25) is 4.79 Å². The molecule has 0 saturated heterocycles. The van der Waals surface area contributed by atoms with Crippen molar-refractivity contribution < 1.29 is 104 Å². The topological polar surface area (TPSA) is 160 Å². The van der Waals surface area contributed by atoms with Crippen LogP contribution in [0.2, 0.25) is 0 Å². The van der Waals surface area contributed by atoms with Crippen molar-refractivity contribution in [3.05, 3.63) is 0 Å². The molecule has 0 bridgehead atoms. The molecule has 202 valence electrons. The van der Waals surface area contributed by atoms with Gasteiger partial charge in [0.15, 0.2) is 6.10 Å². The van der Waals surface area contributed by atoms with Gasteiger partial charge in [-0.1, -0.05) is 70.6 Å². The molecule has 0 rings (SSSR count). The molecule has 3 N–H and O–H groups in total. The monoisotopic (exact) mass is 553 g/mol. The first-order valence-corrected chi connectivity index (χ1v) is 12.7. The second kappa shape index (κ2) is 29.2. The Morgan fingerprint density at radius 3 is 1.92 bits per heavy atom. The average Bonchev–Trinajstić information content (AvgIpc) is 2.76. The molecule has 0 fully saturated rings. The predicted octanol–water partition coefficient (Wildman–Crippen LogP) is -1.97. The van der Waals surface area contributed by atoms with Gasteiger partial charge in [-0.2, -0.15) is 0 Å². The molecule has 12 heteroatoms. The van der Waals surface area contributed by atoms with Gasteiger partial charge in [-0.15, -0.1) is 0 Å². The summed E-state index contributed by atoms with van der Waals surface area (Å²) in [6.45, 7) is 2.52. The average molecular weight is 554 g/mol. The van der Waals surface area contributed by atoms with Crippen LogP contribution in [0.4, 0.5) is 0 Å². The Morgan fingerprint density at radius 2 is 1.39 bits per heavy atom. The molecule has 0 unspecified atom stereocenters. The smallest absolute Gasteiger partial charge is 0.790 e. The number of hydrogen-bond donors (Lipinski definition) is 1. The summed E-state index contributed by atoms with van der Waals surface area (Å²) in [6.07, 6.45) is 9.98. The van der Waals surface area contributed by atoms with Crippen molar-refractivity contribution in [2.24, 2.45) is 0 Å². The van der Waals surface area contributed by atoms with Crippen LogP contribution in [0.5, 0.6) is 0 Å². The second-order valence-electron chi connectivity index (χ2n) is 7.26. The molecule has 0 heterocycles. The largest absolute Gasteiger partial charge is 1.00 e. The molecule has 0 aliphatic heterocycles. The van der Waals surface area contributed by atoms with Crippen molar-refractivity contribution in [1.29, 1.82) is 0 Å². The van der Waals surface area contributed by atoms with E-state index in [2.05, 4.69) is 47.0 Å². The minimum atomic E-state index is -5.28. The van der Waals surface area contributed by atoms with Crippen LogP contribution in [0.25, 0.3) is 0 Å². The minimum absolute atomic E-state index is 0. The zero-order chi connectivity index (χ0) is 24.8. The Morgan fingerprint density at radius 1 is 0.861 bits per heavy atom. The third-order valence-corrected chi connectivity index (χ3v) is 4.79. The standard InChI is InChI=1S/C24H35O8P.H3N.2Na.5H2/c1-3-5-7-9-10-11-12-13-15-17-19-24(26)32-22(21-31-33(27,28)29)20-30-23(25)18-16-14-8-6-4-2;;;;;;;;/h22H,3,5,7,9-13,15,17,19-21H2,1-2H3,(H2,27,28,29);1H3;;;5*1H/q;;2*+1;;;;;/p-2/t22-;;;;;;;;/m1......../s1. The fourth-order valence-corrected chi connectivity index (χ4v) is 3.05. The fourth-order valence-electron chi connectivity index (χ4n) is 2.70. The fraction of sp³-hybridized carbons (Fsp3) is 0.667. The van der Waals surface area contributed by atoms with Gasteiger partial charge in [0.25, 0.3) is 0 Å². The maximum atomic E-state index is 12.0. The van der Waals surface area contributed by atoms with Crippen LogP contribution in [-0.4, -0.2) is 31.3 Å². The number of hydrogen-bond acceptors (Lipinski definition) is 9. The van der Waals surface area contributed by atoms with Crippen molar-refractivity contribution in [3.63, 3.8) is 0 Å². The molecule has 0 amide bonds. The molecule has 9 nitrogen and oxygen atoms in total. The first-order chi connectivity index (χ1) is 15.8. The van der Waals surface area contributed by atoms with E-state index < -0.39 is 39.1 Å². The van der Waals surface area contributed by atoms with E-state index in [1.807, 2.05) is 0 Å². The van der Waals surface area contributed by atoms with Crippen molar-refractivity contribution in [2.75, 3.05) is 13.2 Å². The quantitative estimate of drug-likeness (QED) is 0.0538. The third kappa shape index (κ3) is 31.7. The summed E-state index contributed by atoms with van der Waals surface area (Å²) in [5.74, 6) is 12.4. The molecule has 0 spiro atoms. The van der Waals surface area contributed by atoms with E-state index in [0.717, 1.165) is 19.3 Å². The second-order valence-corrected chi connectivity index (χ2v) is 8.41. The Hall–Kier alpha value is -0.310. The van der Waals surface area contributed by atoms with E-state index in [9.17, 15) is 23.9 Å². The van der Waals surface area contributed by atoms with Crippen molar-refractivity contribution in [2.45, 2.75) is 90.6 Å². The number of carbonyl (C=O) groups is 2. The number of rotatable bonds is 17. The number of phosphoric acid groups is 1. The number of esters is 2.